The Balaban J connectivity index is 1.79. The summed E-state index contributed by atoms with van der Waals surface area (Å²) in [6.07, 6.45) is 10.2. The minimum atomic E-state index is -1.10. The molecule has 4 aliphatic carbocycles. The second-order valence-electron chi connectivity index (χ2n) is 11.0. The van der Waals surface area contributed by atoms with E-state index in [1.54, 1.807) is 6.08 Å². The molecule has 0 saturated heterocycles. The highest BCUT2D eigenvalue weighted by molar-refractivity contribution is 5.99. The van der Waals surface area contributed by atoms with E-state index in [0.717, 1.165) is 18.4 Å². The fourth-order valence-corrected chi connectivity index (χ4v) is 7.29. The van der Waals surface area contributed by atoms with Crippen LogP contribution in [0.1, 0.15) is 72.1 Å². The quantitative estimate of drug-likeness (QED) is 0.464. The molecule has 6 heteroatoms. The van der Waals surface area contributed by atoms with Crippen LogP contribution in [0.5, 0.6) is 0 Å². The van der Waals surface area contributed by atoms with Gasteiger partial charge in [-0.15, -0.1) is 0 Å². The van der Waals surface area contributed by atoms with Crippen molar-refractivity contribution in [1.29, 1.82) is 0 Å². The van der Waals surface area contributed by atoms with E-state index < -0.39 is 22.9 Å². The summed E-state index contributed by atoms with van der Waals surface area (Å²) >= 11 is 0. The molecule has 33 heavy (non-hydrogen) atoms. The van der Waals surface area contributed by atoms with E-state index in [1.807, 2.05) is 6.92 Å². The zero-order chi connectivity index (χ0) is 24.2. The van der Waals surface area contributed by atoms with Crippen LogP contribution in [-0.4, -0.2) is 39.1 Å². The molecule has 2 saturated carbocycles. The summed E-state index contributed by atoms with van der Waals surface area (Å²) < 4.78 is 0. The van der Waals surface area contributed by atoms with Crippen molar-refractivity contribution in [2.75, 3.05) is 0 Å². The minimum Gasteiger partial charge on any atom is -0.481 e. The van der Waals surface area contributed by atoms with Gasteiger partial charge >= 0.3 is 5.97 Å². The van der Waals surface area contributed by atoms with Crippen molar-refractivity contribution in [1.82, 2.24) is 0 Å². The van der Waals surface area contributed by atoms with Gasteiger partial charge in [-0.1, -0.05) is 31.1 Å². The Morgan fingerprint density at radius 1 is 1.18 bits per heavy atom. The molecule has 6 nitrogen and oxygen atoms in total. The lowest BCUT2D eigenvalue weighted by Crippen LogP contribution is -2.53. The van der Waals surface area contributed by atoms with Gasteiger partial charge in [-0.2, -0.15) is 0 Å². The smallest absolute Gasteiger partial charge is 0.303 e. The zero-order valence-corrected chi connectivity index (χ0v) is 19.7. The summed E-state index contributed by atoms with van der Waals surface area (Å²) in [6.45, 7) is 5.63. The average Bonchev–Trinajstić information content (AvgIpc) is 3.02. The standard InChI is InChI=1S/C27H34O6/c1-16(28)4-5-22(30)19-15-17-14-18(29)6-10-25(17,2)20-7-11-26(3)21(24(19)20)8-12-27(26,33)13-9-23(31)32/h4-5,7,14,19,21,24,33H,6,8-13,15H2,1-3H3,(H,31,32)/t19-,21-,24+,25-,26-,27+/m0/s1. The van der Waals surface area contributed by atoms with Gasteiger partial charge in [-0.05, 0) is 75.5 Å². The van der Waals surface area contributed by atoms with Crippen LogP contribution >= 0.6 is 0 Å². The highest BCUT2D eigenvalue weighted by Gasteiger charge is 2.63. The third-order valence-corrected chi connectivity index (χ3v) is 9.32. The van der Waals surface area contributed by atoms with Gasteiger partial charge in [-0.25, -0.2) is 0 Å². The Labute approximate surface area is 194 Å². The Morgan fingerprint density at radius 3 is 2.58 bits per heavy atom. The maximum atomic E-state index is 13.4. The first-order valence-electron chi connectivity index (χ1n) is 12.0. The number of carbonyl (C=O) groups excluding carboxylic acids is 3. The second-order valence-corrected chi connectivity index (χ2v) is 11.0. The molecule has 2 N–H and O–H groups in total. The molecule has 0 aromatic heterocycles. The third-order valence-electron chi connectivity index (χ3n) is 9.32. The molecule has 0 bridgehead atoms. The van der Waals surface area contributed by atoms with Crippen molar-refractivity contribution >= 4 is 23.3 Å². The van der Waals surface area contributed by atoms with E-state index >= 15 is 0 Å². The SMILES string of the molecule is CC(=O)C=CC(=O)[C@@H]1CC2=CC(=O)CC[C@]2(C)C2=CC[C@@]3(C)[C@@H](CC[C@@]3(O)CCC(=O)O)[C@@H]21. The number of hydrogen-bond acceptors (Lipinski definition) is 5. The van der Waals surface area contributed by atoms with E-state index in [-0.39, 0.29) is 47.4 Å². The maximum absolute atomic E-state index is 13.4. The molecule has 6 atom stereocenters. The van der Waals surface area contributed by atoms with Crippen LogP contribution in [0.2, 0.25) is 0 Å². The zero-order valence-electron chi connectivity index (χ0n) is 19.7. The predicted molar refractivity (Wildman–Crippen MR) is 122 cm³/mol. The van der Waals surface area contributed by atoms with Crippen LogP contribution in [0.3, 0.4) is 0 Å². The molecule has 0 unspecified atom stereocenters. The number of fused-ring (bicyclic) bond motifs is 5. The number of carboxylic acid groups (broad SMARTS) is 1. The molecule has 178 valence electrons. The number of rotatable bonds is 6. The molecule has 0 heterocycles. The molecule has 0 aliphatic heterocycles. The first-order chi connectivity index (χ1) is 15.4. The molecule has 0 spiro atoms. The van der Waals surface area contributed by atoms with E-state index in [0.29, 0.717) is 25.7 Å². The Bertz CT molecular complexity index is 1000. The van der Waals surface area contributed by atoms with Crippen molar-refractivity contribution in [2.24, 2.45) is 28.6 Å². The van der Waals surface area contributed by atoms with Crippen LogP contribution in [-0.2, 0) is 19.2 Å². The summed E-state index contributed by atoms with van der Waals surface area (Å²) in [6, 6.07) is 0. The summed E-state index contributed by atoms with van der Waals surface area (Å²) in [7, 11) is 0. The number of ketones is 3. The predicted octanol–water partition coefficient (Wildman–Crippen LogP) is 3.97. The number of allylic oxidation sites excluding steroid dienone is 6. The number of aliphatic carboxylic acids is 1. The van der Waals surface area contributed by atoms with E-state index in [9.17, 15) is 29.4 Å². The molecule has 2 fully saturated rings. The number of carbonyl (C=O) groups is 4. The van der Waals surface area contributed by atoms with Crippen molar-refractivity contribution < 1.29 is 29.4 Å². The van der Waals surface area contributed by atoms with Gasteiger partial charge in [-0.3, -0.25) is 19.2 Å². The normalized spacial score (nSPS) is 39.9. The molecule has 0 aromatic carbocycles. The lowest BCUT2D eigenvalue weighted by atomic mass is 9.47. The van der Waals surface area contributed by atoms with Crippen molar-refractivity contribution in [3.63, 3.8) is 0 Å². The van der Waals surface area contributed by atoms with Gasteiger partial charge in [0.2, 0.25) is 0 Å². The number of hydrogen-bond donors (Lipinski definition) is 2. The highest BCUT2D eigenvalue weighted by atomic mass is 16.4. The van der Waals surface area contributed by atoms with Crippen LogP contribution in [0.4, 0.5) is 0 Å². The lowest BCUT2D eigenvalue weighted by Gasteiger charge is -2.57. The summed E-state index contributed by atoms with van der Waals surface area (Å²) in [5, 5.41) is 20.8. The maximum Gasteiger partial charge on any atom is 0.303 e. The number of aliphatic hydroxyl groups is 1. The van der Waals surface area contributed by atoms with Crippen molar-refractivity contribution in [3.8, 4) is 0 Å². The Hall–Kier alpha value is -2.34. The first kappa shape index (κ1) is 23.8. The van der Waals surface area contributed by atoms with E-state index in [4.69, 9.17) is 0 Å². The molecular formula is C27H34O6. The second kappa shape index (κ2) is 8.15. The van der Waals surface area contributed by atoms with Gasteiger partial charge < -0.3 is 10.2 Å². The van der Waals surface area contributed by atoms with Gasteiger partial charge in [0.05, 0.1) is 5.60 Å². The van der Waals surface area contributed by atoms with Crippen LogP contribution in [0.15, 0.2) is 35.5 Å². The molecule has 4 rings (SSSR count). The largest absolute Gasteiger partial charge is 0.481 e. The first-order valence-corrected chi connectivity index (χ1v) is 12.0. The highest BCUT2D eigenvalue weighted by Crippen LogP contribution is 2.67. The Kier molecular flexibility index (Phi) is 5.88. The average molecular weight is 455 g/mol. The summed E-state index contributed by atoms with van der Waals surface area (Å²) in [4.78, 5) is 48.3. The molecule has 0 radical (unpaired) electrons. The fraction of sp³-hybridized carbons (Fsp3) is 0.630. The topological polar surface area (TPSA) is 109 Å². The monoisotopic (exact) mass is 454 g/mol. The lowest BCUT2D eigenvalue weighted by molar-refractivity contribution is -0.141. The van der Waals surface area contributed by atoms with Gasteiger partial charge in [0.1, 0.15) is 0 Å². The molecular weight excluding hydrogens is 420 g/mol. The fourth-order valence-electron chi connectivity index (χ4n) is 7.29. The van der Waals surface area contributed by atoms with E-state index in [2.05, 4.69) is 13.0 Å². The van der Waals surface area contributed by atoms with E-state index in [1.165, 1.54) is 24.6 Å². The van der Waals surface area contributed by atoms with Crippen LogP contribution < -0.4 is 0 Å². The molecule has 4 aliphatic rings. The van der Waals surface area contributed by atoms with Crippen molar-refractivity contribution in [2.45, 2.75) is 77.7 Å². The molecule has 0 aromatic rings. The van der Waals surface area contributed by atoms with Crippen LogP contribution in [0.25, 0.3) is 0 Å². The molecule has 0 amide bonds. The van der Waals surface area contributed by atoms with Crippen LogP contribution in [0, 0.1) is 28.6 Å². The van der Waals surface area contributed by atoms with Gasteiger partial charge in [0, 0.05) is 29.6 Å². The minimum absolute atomic E-state index is 0.0342. The third kappa shape index (κ3) is 3.76. The van der Waals surface area contributed by atoms with Gasteiger partial charge in [0.15, 0.2) is 17.3 Å². The van der Waals surface area contributed by atoms with Gasteiger partial charge in [0.25, 0.3) is 0 Å². The summed E-state index contributed by atoms with van der Waals surface area (Å²) in [5.74, 6) is -1.59. The summed E-state index contributed by atoms with van der Waals surface area (Å²) in [5.41, 5.74) is 0.288. The Morgan fingerprint density at radius 2 is 1.91 bits per heavy atom. The van der Waals surface area contributed by atoms with Crippen molar-refractivity contribution in [3.05, 3.63) is 35.5 Å². The number of carboxylic acids is 1.